The van der Waals surface area contributed by atoms with Crippen LogP contribution in [0.1, 0.15) is 5.56 Å². The van der Waals surface area contributed by atoms with E-state index in [9.17, 15) is 13.6 Å². The molecule has 1 aromatic carbocycles. The first-order valence-electron chi connectivity index (χ1n) is 4.32. The Morgan fingerprint density at radius 1 is 1.44 bits per heavy atom. The van der Waals surface area contributed by atoms with Crippen molar-refractivity contribution in [1.82, 2.24) is 0 Å². The molecule has 88 valence electrons. The van der Waals surface area contributed by atoms with Crippen LogP contribution in [0.4, 0.5) is 8.78 Å². The van der Waals surface area contributed by atoms with Crippen LogP contribution in [0.25, 0.3) is 0 Å². The van der Waals surface area contributed by atoms with Crippen molar-refractivity contribution in [2.24, 2.45) is 0 Å². The Balaban J connectivity index is 3.07. The number of halogens is 2. The van der Waals surface area contributed by atoms with Gasteiger partial charge in [-0.2, -0.15) is 8.78 Å². The molecule has 0 amide bonds. The van der Waals surface area contributed by atoms with Gasteiger partial charge in [0.2, 0.25) is 0 Å². The Hall–Kier alpha value is -1.69. The summed E-state index contributed by atoms with van der Waals surface area (Å²) in [5.74, 6) is -6.41. The number of ether oxygens (including phenoxy) is 2. The lowest BCUT2D eigenvalue weighted by molar-refractivity contribution is -0.166. The van der Waals surface area contributed by atoms with E-state index in [1.54, 1.807) is 0 Å². The number of benzene rings is 1. The third kappa shape index (κ3) is 2.46. The maximum absolute atomic E-state index is 13.2. The second kappa shape index (κ2) is 4.89. The van der Waals surface area contributed by atoms with Crippen LogP contribution in [0.2, 0.25) is 0 Å². The lowest BCUT2D eigenvalue weighted by atomic mass is 10.1. The summed E-state index contributed by atoms with van der Waals surface area (Å²) in [5, 5.41) is 8.41. The van der Waals surface area contributed by atoms with Crippen molar-refractivity contribution in [2.75, 3.05) is 13.9 Å². The van der Waals surface area contributed by atoms with Crippen LogP contribution in [0.3, 0.4) is 0 Å². The minimum atomic E-state index is -3.98. The molecule has 1 rings (SSSR count). The van der Waals surface area contributed by atoms with Crippen LogP contribution >= 0.6 is 0 Å². The molecule has 0 aromatic heterocycles. The maximum Gasteiger partial charge on any atom is 0.379 e. The highest BCUT2D eigenvalue weighted by Crippen LogP contribution is 2.34. The van der Waals surface area contributed by atoms with Crippen LogP contribution in [0.5, 0.6) is 5.75 Å². The molecule has 0 aliphatic carbocycles. The molecule has 4 nitrogen and oxygen atoms in total. The molecule has 0 aliphatic heterocycles. The molecule has 0 saturated carbocycles. The third-order valence-corrected chi connectivity index (χ3v) is 1.83. The number of carboxylic acids is 1. The zero-order valence-corrected chi connectivity index (χ0v) is 8.44. The quantitative estimate of drug-likeness (QED) is 0.787. The standard InChI is InChI=1S/C10H10F2O4/c1-15-6-16-8-5-3-2-4-7(8)10(11,12)9(13)14/h2-5H,6H2,1H3,(H,13,14). The predicted molar refractivity (Wildman–Crippen MR) is 50.5 cm³/mol. The van der Waals surface area contributed by atoms with Crippen molar-refractivity contribution in [3.63, 3.8) is 0 Å². The maximum atomic E-state index is 13.2. The predicted octanol–water partition coefficient (Wildman–Crippen LogP) is 1.85. The van der Waals surface area contributed by atoms with Gasteiger partial charge in [-0.25, -0.2) is 4.79 Å². The van der Waals surface area contributed by atoms with Gasteiger partial charge in [0.1, 0.15) is 5.75 Å². The summed E-state index contributed by atoms with van der Waals surface area (Å²) in [5.41, 5.74) is -0.695. The first-order valence-corrected chi connectivity index (χ1v) is 4.32. The van der Waals surface area contributed by atoms with Gasteiger partial charge < -0.3 is 14.6 Å². The number of carboxylic acid groups (broad SMARTS) is 1. The summed E-state index contributed by atoms with van der Waals surface area (Å²) in [7, 11) is 1.33. The number of methoxy groups -OCH3 is 1. The molecule has 0 atom stereocenters. The van der Waals surface area contributed by atoms with Gasteiger partial charge in [0.25, 0.3) is 0 Å². The van der Waals surface area contributed by atoms with Crippen molar-refractivity contribution < 1.29 is 28.2 Å². The van der Waals surface area contributed by atoms with E-state index in [0.717, 1.165) is 6.07 Å². The summed E-state index contributed by atoms with van der Waals surface area (Å²) >= 11 is 0. The van der Waals surface area contributed by atoms with E-state index in [0.29, 0.717) is 0 Å². The smallest absolute Gasteiger partial charge is 0.379 e. The van der Waals surface area contributed by atoms with Crippen molar-refractivity contribution in [3.05, 3.63) is 29.8 Å². The Morgan fingerprint density at radius 2 is 2.06 bits per heavy atom. The highest BCUT2D eigenvalue weighted by molar-refractivity contribution is 5.78. The molecule has 0 aliphatic rings. The Morgan fingerprint density at radius 3 is 2.62 bits per heavy atom. The van der Waals surface area contributed by atoms with E-state index in [-0.39, 0.29) is 12.5 Å². The molecule has 1 aromatic rings. The molecule has 0 radical (unpaired) electrons. The third-order valence-electron chi connectivity index (χ3n) is 1.83. The number of rotatable bonds is 5. The summed E-state index contributed by atoms with van der Waals surface area (Å²) in [6, 6.07) is 5.03. The Bertz CT molecular complexity index is 379. The first kappa shape index (κ1) is 12.4. The van der Waals surface area contributed by atoms with E-state index < -0.39 is 17.5 Å². The SMILES string of the molecule is COCOc1ccccc1C(F)(F)C(=O)O. The lowest BCUT2D eigenvalue weighted by Gasteiger charge is -2.15. The van der Waals surface area contributed by atoms with Gasteiger partial charge >= 0.3 is 11.9 Å². The van der Waals surface area contributed by atoms with E-state index in [1.165, 1.54) is 25.3 Å². The fraction of sp³-hybridized carbons (Fsp3) is 0.300. The minimum Gasteiger partial charge on any atom is -0.477 e. The molecule has 0 fully saturated rings. The molecule has 6 heteroatoms. The molecular formula is C10H10F2O4. The van der Waals surface area contributed by atoms with Crippen LogP contribution in [-0.2, 0) is 15.5 Å². The van der Waals surface area contributed by atoms with Crippen LogP contribution < -0.4 is 4.74 Å². The fourth-order valence-electron chi connectivity index (χ4n) is 1.09. The van der Waals surface area contributed by atoms with Gasteiger partial charge in [0.15, 0.2) is 6.79 Å². The van der Waals surface area contributed by atoms with Crippen molar-refractivity contribution >= 4 is 5.97 Å². The van der Waals surface area contributed by atoms with Crippen molar-refractivity contribution in [1.29, 1.82) is 0 Å². The number of alkyl halides is 2. The molecular weight excluding hydrogens is 222 g/mol. The Kier molecular flexibility index (Phi) is 3.78. The van der Waals surface area contributed by atoms with Gasteiger partial charge in [0.05, 0.1) is 5.56 Å². The van der Waals surface area contributed by atoms with Gasteiger partial charge in [0, 0.05) is 7.11 Å². The van der Waals surface area contributed by atoms with E-state index in [2.05, 4.69) is 4.74 Å². The monoisotopic (exact) mass is 232 g/mol. The molecule has 0 bridgehead atoms. The zero-order valence-electron chi connectivity index (χ0n) is 8.44. The first-order chi connectivity index (χ1) is 7.50. The number of hydrogen-bond acceptors (Lipinski definition) is 3. The zero-order chi connectivity index (χ0) is 12.2. The van der Waals surface area contributed by atoms with Gasteiger partial charge in [-0.15, -0.1) is 0 Å². The molecule has 0 spiro atoms. The normalized spacial score (nSPS) is 11.2. The number of hydrogen-bond donors (Lipinski definition) is 1. The molecule has 1 N–H and O–H groups in total. The fourth-order valence-corrected chi connectivity index (χ4v) is 1.09. The molecule has 0 unspecified atom stereocenters. The molecule has 0 saturated heterocycles. The van der Waals surface area contributed by atoms with E-state index >= 15 is 0 Å². The minimum absolute atomic E-state index is 0.211. The second-order valence-electron chi connectivity index (χ2n) is 2.93. The van der Waals surface area contributed by atoms with E-state index in [4.69, 9.17) is 9.84 Å². The van der Waals surface area contributed by atoms with Crippen LogP contribution in [0.15, 0.2) is 24.3 Å². The van der Waals surface area contributed by atoms with E-state index in [1.807, 2.05) is 0 Å². The highest BCUT2D eigenvalue weighted by Gasteiger charge is 2.43. The van der Waals surface area contributed by atoms with Crippen molar-refractivity contribution in [2.45, 2.75) is 5.92 Å². The summed E-state index contributed by atoms with van der Waals surface area (Å²) < 4.78 is 35.9. The molecule has 16 heavy (non-hydrogen) atoms. The molecule has 0 heterocycles. The number of para-hydroxylation sites is 1. The second-order valence-corrected chi connectivity index (χ2v) is 2.93. The summed E-state index contributed by atoms with van der Waals surface area (Å²) in [6.07, 6.45) is 0. The van der Waals surface area contributed by atoms with Gasteiger partial charge in [-0.05, 0) is 12.1 Å². The van der Waals surface area contributed by atoms with Crippen LogP contribution in [0, 0.1) is 0 Å². The van der Waals surface area contributed by atoms with Gasteiger partial charge in [-0.1, -0.05) is 12.1 Å². The number of aliphatic carboxylic acids is 1. The van der Waals surface area contributed by atoms with Crippen molar-refractivity contribution in [3.8, 4) is 5.75 Å². The average molecular weight is 232 g/mol. The highest BCUT2D eigenvalue weighted by atomic mass is 19.3. The topological polar surface area (TPSA) is 55.8 Å². The Labute approximate surface area is 90.4 Å². The van der Waals surface area contributed by atoms with Gasteiger partial charge in [-0.3, -0.25) is 0 Å². The van der Waals surface area contributed by atoms with Crippen LogP contribution in [-0.4, -0.2) is 25.0 Å². The number of carbonyl (C=O) groups is 1. The summed E-state index contributed by atoms with van der Waals surface area (Å²) in [4.78, 5) is 10.4. The average Bonchev–Trinajstić information content (AvgIpc) is 2.26. The summed E-state index contributed by atoms with van der Waals surface area (Å²) in [6.45, 7) is -0.229. The largest absolute Gasteiger partial charge is 0.477 e. The lowest BCUT2D eigenvalue weighted by Crippen LogP contribution is -2.26.